The summed E-state index contributed by atoms with van der Waals surface area (Å²) >= 11 is 0. The summed E-state index contributed by atoms with van der Waals surface area (Å²) in [6.45, 7) is 2.14. The third-order valence-corrected chi connectivity index (χ3v) is 2.51. The first kappa shape index (κ1) is 10.5. The summed E-state index contributed by atoms with van der Waals surface area (Å²) in [5.41, 5.74) is 5.70. The van der Waals surface area contributed by atoms with Crippen LogP contribution in [-0.2, 0) is 9.53 Å². The molecule has 0 spiro atoms. The predicted molar refractivity (Wildman–Crippen MR) is 48.0 cm³/mol. The maximum Gasteiger partial charge on any atom is 0.310 e. The topological polar surface area (TPSA) is 72.5 Å². The van der Waals surface area contributed by atoms with Crippen LogP contribution in [0.2, 0.25) is 0 Å². The Bertz CT molecular complexity index is 184. The molecule has 0 bridgehead atoms. The number of esters is 1. The number of carbonyl (C=O) groups is 1. The molecule has 0 aromatic rings. The first-order valence-electron chi connectivity index (χ1n) is 4.77. The minimum Gasteiger partial charge on any atom is -0.466 e. The van der Waals surface area contributed by atoms with Crippen molar-refractivity contribution in [3.63, 3.8) is 0 Å². The van der Waals surface area contributed by atoms with Crippen LogP contribution in [0.15, 0.2) is 0 Å². The van der Waals surface area contributed by atoms with E-state index in [1.54, 1.807) is 6.92 Å². The zero-order valence-corrected chi connectivity index (χ0v) is 7.90. The minimum absolute atomic E-state index is 0.270. The molecule has 76 valence electrons. The minimum atomic E-state index is -0.553. The van der Waals surface area contributed by atoms with Gasteiger partial charge in [-0.25, -0.2) is 0 Å². The number of nitrogens with two attached hydrogens (primary N) is 1. The summed E-state index contributed by atoms with van der Waals surface area (Å²) in [5.74, 6) is -0.586. The Morgan fingerprint density at radius 3 is 2.92 bits per heavy atom. The highest BCUT2D eigenvalue weighted by Crippen LogP contribution is 2.24. The molecular formula is C9H17NO3. The molecule has 0 saturated heterocycles. The van der Waals surface area contributed by atoms with E-state index in [4.69, 9.17) is 10.5 Å². The second-order valence-electron chi connectivity index (χ2n) is 3.43. The molecule has 1 fully saturated rings. The number of rotatable bonds is 2. The first-order valence-corrected chi connectivity index (χ1v) is 4.77. The van der Waals surface area contributed by atoms with Gasteiger partial charge in [0.05, 0.1) is 18.6 Å². The number of hydrogen-bond donors (Lipinski definition) is 2. The van der Waals surface area contributed by atoms with Crippen LogP contribution in [0.25, 0.3) is 0 Å². The van der Waals surface area contributed by atoms with Crippen LogP contribution in [0.3, 0.4) is 0 Å². The molecule has 0 heterocycles. The lowest BCUT2D eigenvalue weighted by Crippen LogP contribution is -2.48. The molecule has 4 heteroatoms. The van der Waals surface area contributed by atoms with Gasteiger partial charge in [0.1, 0.15) is 0 Å². The van der Waals surface area contributed by atoms with E-state index >= 15 is 0 Å². The lowest BCUT2D eigenvalue weighted by Gasteiger charge is -2.30. The standard InChI is InChI=1S/C9H17NO3/c1-2-13-9(12)6-4-3-5-7(11)8(6)10/h6-8,11H,2-5,10H2,1H3/t6-,7+,8-/m1/s1. The third kappa shape index (κ3) is 2.42. The van der Waals surface area contributed by atoms with Crippen molar-refractivity contribution in [2.24, 2.45) is 11.7 Å². The van der Waals surface area contributed by atoms with Gasteiger partial charge in [0, 0.05) is 6.04 Å². The van der Waals surface area contributed by atoms with E-state index in [1.807, 2.05) is 0 Å². The molecule has 1 aliphatic carbocycles. The van der Waals surface area contributed by atoms with Crippen molar-refractivity contribution in [3.05, 3.63) is 0 Å². The molecule has 4 nitrogen and oxygen atoms in total. The van der Waals surface area contributed by atoms with Crippen molar-refractivity contribution >= 4 is 5.97 Å². The van der Waals surface area contributed by atoms with E-state index in [0.717, 1.165) is 12.8 Å². The van der Waals surface area contributed by atoms with E-state index < -0.39 is 12.1 Å². The van der Waals surface area contributed by atoms with Gasteiger partial charge >= 0.3 is 5.97 Å². The number of aliphatic hydroxyl groups is 1. The Balaban J connectivity index is 2.52. The van der Waals surface area contributed by atoms with E-state index in [0.29, 0.717) is 13.0 Å². The summed E-state index contributed by atoms with van der Waals surface area (Å²) in [6, 6.07) is -0.451. The van der Waals surface area contributed by atoms with Crippen LogP contribution >= 0.6 is 0 Å². The van der Waals surface area contributed by atoms with Gasteiger partial charge in [-0.15, -0.1) is 0 Å². The average Bonchev–Trinajstić information content (AvgIpc) is 2.10. The molecule has 0 aromatic carbocycles. The van der Waals surface area contributed by atoms with Gasteiger partial charge < -0.3 is 15.6 Å². The largest absolute Gasteiger partial charge is 0.466 e. The van der Waals surface area contributed by atoms with Gasteiger partial charge in [-0.3, -0.25) is 4.79 Å². The molecule has 1 aliphatic rings. The van der Waals surface area contributed by atoms with Crippen molar-refractivity contribution < 1.29 is 14.6 Å². The molecule has 0 radical (unpaired) electrons. The van der Waals surface area contributed by atoms with Crippen LogP contribution in [0, 0.1) is 5.92 Å². The lowest BCUT2D eigenvalue weighted by atomic mass is 9.83. The molecule has 3 N–H and O–H groups in total. The second-order valence-corrected chi connectivity index (χ2v) is 3.43. The molecule has 0 amide bonds. The highest BCUT2D eigenvalue weighted by molar-refractivity contribution is 5.73. The predicted octanol–water partition coefficient (Wildman–Crippen LogP) is 0.0378. The first-order chi connectivity index (χ1) is 6.16. The Morgan fingerprint density at radius 1 is 1.62 bits per heavy atom. The molecule has 3 atom stereocenters. The Kier molecular flexibility index (Phi) is 3.69. The molecule has 13 heavy (non-hydrogen) atoms. The fourth-order valence-corrected chi connectivity index (χ4v) is 1.72. The second kappa shape index (κ2) is 4.58. The van der Waals surface area contributed by atoms with Crippen molar-refractivity contribution in [1.82, 2.24) is 0 Å². The van der Waals surface area contributed by atoms with Gasteiger partial charge in [-0.1, -0.05) is 0 Å². The van der Waals surface area contributed by atoms with Crippen molar-refractivity contribution in [3.8, 4) is 0 Å². The highest BCUT2D eigenvalue weighted by Gasteiger charge is 2.34. The fourth-order valence-electron chi connectivity index (χ4n) is 1.72. The zero-order chi connectivity index (χ0) is 9.84. The zero-order valence-electron chi connectivity index (χ0n) is 7.90. The molecular weight excluding hydrogens is 170 g/mol. The SMILES string of the molecule is CCOC(=O)[C@@H]1CCC[C@H](O)[C@@H]1N. The van der Waals surface area contributed by atoms with Crippen LogP contribution in [0.4, 0.5) is 0 Å². The van der Waals surface area contributed by atoms with Crippen molar-refractivity contribution in [2.45, 2.75) is 38.3 Å². The van der Waals surface area contributed by atoms with Crippen LogP contribution < -0.4 is 5.73 Å². The molecule has 0 unspecified atom stereocenters. The van der Waals surface area contributed by atoms with Crippen LogP contribution in [-0.4, -0.2) is 29.8 Å². The highest BCUT2D eigenvalue weighted by atomic mass is 16.5. The van der Waals surface area contributed by atoms with Crippen molar-refractivity contribution in [1.29, 1.82) is 0 Å². The Hall–Kier alpha value is -0.610. The summed E-state index contributed by atoms with van der Waals surface area (Å²) in [4.78, 5) is 11.3. The fraction of sp³-hybridized carbons (Fsp3) is 0.889. The summed E-state index contributed by atoms with van der Waals surface area (Å²) in [5, 5.41) is 9.43. The molecule has 0 aliphatic heterocycles. The summed E-state index contributed by atoms with van der Waals surface area (Å²) in [6.07, 6.45) is 1.72. The van der Waals surface area contributed by atoms with Crippen LogP contribution in [0.1, 0.15) is 26.2 Å². The summed E-state index contributed by atoms with van der Waals surface area (Å²) < 4.78 is 4.87. The van der Waals surface area contributed by atoms with E-state index in [1.165, 1.54) is 0 Å². The van der Waals surface area contributed by atoms with Gasteiger partial charge in [-0.2, -0.15) is 0 Å². The van der Waals surface area contributed by atoms with Gasteiger partial charge in [0.25, 0.3) is 0 Å². The quantitative estimate of drug-likeness (QED) is 0.598. The maximum atomic E-state index is 11.3. The number of ether oxygens (including phenoxy) is 1. The van der Waals surface area contributed by atoms with Gasteiger partial charge in [0.15, 0.2) is 0 Å². The normalized spacial score (nSPS) is 34.2. The smallest absolute Gasteiger partial charge is 0.310 e. The van der Waals surface area contributed by atoms with Crippen LogP contribution in [0.5, 0.6) is 0 Å². The maximum absolute atomic E-state index is 11.3. The summed E-state index contributed by atoms with van der Waals surface area (Å²) in [7, 11) is 0. The van der Waals surface area contributed by atoms with Gasteiger partial charge in [0.2, 0.25) is 0 Å². The van der Waals surface area contributed by atoms with E-state index in [2.05, 4.69) is 0 Å². The Morgan fingerprint density at radius 2 is 2.31 bits per heavy atom. The number of aliphatic hydroxyl groups excluding tert-OH is 1. The van der Waals surface area contributed by atoms with E-state index in [9.17, 15) is 9.90 Å². The third-order valence-electron chi connectivity index (χ3n) is 2.51. The average molecular weight is 187 g/mol. The van der Waals surface area contributed by atoms with Crippen molar-refractivity contribution in [2.75, 3.05) is 6.61 Å². The molecule has 1 saturated carbocycles. The Labute approximate surface area is 78.1 Å². The molecule has 1 rings (SSSR count). The monoisotopic (exact) mass is 187 g/mol. The lowest BCUT2D eigenvalue weighted by molar-refractivity contribution is -0.151. The van der Waals surface area contributed by atoms with Gasteiger partial charge in [-0.05, 0) is 26.2 Å². The van der Waals surface area contributed by atoms with E-state index in [-0.39, 0.29) is 11.9 Å². The number of carbonyl (C=O) groups excluding carboxylic acids is 1. The number of hydrogen-bond acceptors (Lipinski definition) is 4. The molecule has 0 aromatic heterocycles.